The molecule has 2 aromatic rings. The molecule has 2 rings (SSSR count). The third-order valence-electron chi connectivity index (χ3n) is 2.42. The lowest BCUT2D eigenvalue weighted by atomic mass is 10.1. The largest absolute Gasteiger partial charge is 0.450 e. The van der Waals surface area contributed by atoms with Gasteiger partial charge in [-0.05, 0) is 5.92 Å². The Morgan fingerprint density at radius 2 is 1.89 bits per heavy atom. The van der Waals surface area contributed by atoms with Crippen molar-refractivity contribution in [3.8, 4) is 11.5 Å². The van der Waals surface area contributed by atoms with E-state index < -0.39 is 0 Å². The lowest BCUT2D eigenvalue weighted by Gasteiger charge is -2.13. The first-order chi connectivity index (χ1) is 8.97. The molecule has 0 unspecified atom stereocenters. The molecule has 4 N–H and O–H groups in total. The molecule has 7 heteroatoms. The summed E-state index contributed by atoms with van der Waals surface area (Å²) in [4.78, 5) is 11.9. The van der Waals surface area contributed by atoms with Crippen LogP contribution in [0.25, 0.3) is 0 Å². The summed E-state index contributed by atoms with van der Waals surface area (Å²) in [6, 6.07) is 1.68. The molecule has 6 nitrogen and oxygen atoms in total. The molecule has 0 aromatic carbocycles. The van der Waals surface area contributed by atoms with E-state index in [1.807, 2.05) is 13.8 Å². The molecule has 0 saturated heterocycles. The van der Waals surface area contributed by atoms with Crippen molar-refractivity contribution >= 4 is 23.4 Å². The zero-order valence-corrected chi connectivity index (χ0v) is 11.3. The van der Waals surface area contributed by atoms with Crippen LogP contribution in [0, 0.1) is 0 Å². The van der Waals surface area contributed by atoms with Gasteiger partial charge in [0.1, 0.15) is 0 Å². The van der Waals surface area contributed by atoms with E-state index in [4.69, 9.17) is 27.8 Å². The summed E-state index contributed by atoms with van der Waals surface area (Å²) in [6.07, 6.45) is 3.00. The van der Waals surface area contributed by atoms with Crippen LogP contribution in [0.15, 0.2) is 18.5 Å². The number of nitrogens with two attached hydrogens (primary N) is 2. The zero-order chi connectivity index (χ0) is 14.0. The number of nitrogen functional groups attached to an aromatic ring is 2. The Bertz CT molecular complexity index is 603. The van der Waals surface area contributed by atoms with Crippen LogP contribution in [0.5, 0.6) is 11.5 Å². The number of nitrogens with zero attached hydrogens (tertiary/aromatic N) is 3. The van der Waals surface area contributed by atoms with Crippen molar-refractivity contribution in [1.29, 1.82) is 0 Å². The summed E-state index contributed by atoms with van der Waals surface area (Å²) in [5.74, 6) is 1.30. The highest BCUT2D eigenvalue weighted by Crippen LogP contribution is 2.32. The van der Waals surface area contributed by atoms with E-state index in [1.54, 1.807) is 12.3 Å². The van der Waals surface area contributed by atoms with Gasteiger partial charge in [-0.25, -0.2) is 4.98 Å². The van der Waals surface area contributed by atoms with Gasteiger partial charge < -0.3 is 16.2 Å². The smallest absolute Gasteiger partial charge is 0.222 e. The molecule has 0 radical (unpaired) electrons. The first-order valence-corrected chi connectivity index (χ1v) is 6.06. The first-order valence-electron chi connectivity index (χ1n) is 5.68. The number of rotatable bonds is 3. The van der Waals surface area contributed by atoms with Gasteiger partial charge in [0, 0.05) is 12.3 Å². The number of hydrogen-bond acceptors (Lipinski definition) is 6. The summed E-state index contributed by atoms with van der Waals surface area (Å²) in [5.41, 5.74) is 11.9. The van der Waals surface area contributed by atoms with E-state index >= 15 is 0 Å². The standard InChI is InChI=1S/C12H14ClN5O/c1-6(2)10-8(3-7(13)4-16-10)19-9-5-17-12(15)18-11(9)14/h3-6H,1-2H3,(H4,14,15,17,18). The molecule has 100 valence electrons. The van der Waals surface area contributed by atoms with Gasteiger partial charge in [0.15, 0.2) is 17.3 Å². The summed E-state index contributed by atoms with van der Waals surface area (Å²) < 4.78 is 5.68. The number of ether oxygens (including phenoxy) is 1. The van der Waals surface area contributed by atoms with Crippen LogP contribution < -0.4 is 16.2 Å². The van der Waals surface area contributed by atoms with Crippen molar-refractivity contribution in [2.45, 2.75) is 19.8 Å². The third-order valence-corrected chi connectivity index (χ3v) is 2.62. The lowest BCUT2D eigenvalue weighted by molar-refractivity contribution is 0.467. The second-order valence-electron chi connectivity index (χ2n) is 4.27. The summed E-state index contributed by atoms with van der Waals surface area (Å²) >= 11 is 5.93. The maximum atomic E-state index is 5.93. The Labute approximate surface area is 115 Å². The average Bonchev–Trinajstić information content (AvgIpc) is 2.32. The zero-order valence-electron chi connectivity index (χ0n) is 10.6. The van der Waals surface area contributed by atoms with Gasteiger partial charge in [-0.15, -0.1) is 0 Å². The van der Waals surface area contributed by atoms with Crippen molar-refractivity contribution in [2.24, 2.45) is 0 Å². The molecule has 19 heavy (non-hydrogen) atoms. The van der Waals surface area contributed by atoms with Gasteiger partial charge in [0.2, 0.25) is 5.95 Å². The van der Waals surface area contributed by atoms with Gasteiger partial charge in [-0.1, -0.05) is 25.4 Å². The quantitative estimate of drug-likeness (QED) is 0.896. The van der Waals surface area contributed by atoms with E-state index in [0.29, 0.717) is 16.5 Å². The summed E-state index contributed by atoms with van der Waals surface area (Å²) in [5, 5.41) is 0.481. The predicted molar refractivity (Wildman–Crippen MR) is 74.3 cm³/mol. The fraction of sp³-hybridized carbons (Fsp3) is 0.250. The molecule has 0 bridgehead atoms. The second kappa shape index (κ2) is 5.27. The minimum Gasteiger partial charge on any atom is -0.450 e. The van der Waals surface area contributed by atoms with E-state index in [1.165, 1.54) is 6.20 Å². The van der Waals surface area contributed by atoms with Crippen molar-refractivity contribution in [2.75, 3.05) is 11.5 Å². The molecule has 2 heterocycles. The van der Waals surface area contributed by atoms with Crippen LogP contribution in [-0.4, -0.2) is 15.0 Å². The number of aromatic nitrogens is 3. The maximum absolute atomic E-state index is 5.93. The molecule has 0 aliphatic heterocycles. The molecule has 2 aromatic heterocycles. The van der Waals surface area contributed by atoms with Crippen LogP contribution >= 0.6 is 11.6 Å². The fourth-order valence-corrected chi connectivity index (χ4v) is 1.69. The van der Waals surface area contributed by atoms with Gasteiger partial charge in [-0.2, -0.15) is 4.98 Å². The van der Waals surface area contributed by atoms with Gasteiger partial charge in [0.25, 0.3) is 0 Å². The van der Waals surface area contributed by atoms with Crippen molar-refractivity contribution < 1.29 is 4.74 Å². The Hall–Kier alpha value is -2.08. The fourth-order valence-electron chi connectivity index (χ4n) is 1.54. The lowest BCUT2D eigenvalue weighted by Crippen LogP contribution is -2.03. The van der Waals surface area contributed by atoms with Crippen molar-refractivity contribution in [3.05, 3.63) is 29.2 Å². The number of halogens is 1. The highest BCUT2D eigenvalue weighted by atomic mass is 35.5. The van der Waals surface area contributed by atoms with Gasteiger partial charge in [-0.3, -0.25) is 4.98 Å². The Morgan fingerprint density at radius 3 is 2.53 bits per heavy atom. The van der Waals surface area contributed by atoms with Crippen LogP contribution in [0.3, 0.4) is 0 Å². The summed E-state index contributed by atoms with van der Waals surface area (Å²) in [7, 11) is 0. The summed E-state index contributed by atoms with van der Waals surface area (Å²) in [6.45, 7) is 4.01. The number of anilines is 2. The average molecular weight is 280 g/mol. The highest BCUT2D eigenvalue weighted by Gasteiger charge is 2.13. The van der Waals surface area contributed by atoms with Crippen LogP contribution in [-0.2, 0) is 0 Å². The topological polar surface area (TPSA) is 99.9 Å². The molecule has 0 fully saturated rings. The van der Waals surface area contributed by atoms with E-state index in [0.717, 1.165) is 5.69 Å². The SMILES string of the molecule is CC(C)c1ncc(Cl)cc1Oc1cnc(N)nc1N. The molecule has 0 aliphatic carbocycles. The van der Waals surface area contributed by atoms with Crippen molar-refractivity contribution in [1.82, 2.24) is 15.0 Å². The van der Waals surface area contributed by atoms with Crippen molar-refractivity contribution in [3.63, 3.8) is 0 Å². The third kappa shape index (κ3) is 3.03. The van der Waals surface area contributed by atoms with Crippen LogP contribution in [0.2, 0.25) is 5.02 Å². The van der Waals surface area contributed by atoms with Gasteiger partial charge in [0.05, 0.1) is 16.9 Å². The molecule has 0 spiro atoms. The highest BCUT2D eigenvalue weighted by molar-refractivity contribution is 6.30. The Balaban J connectivity index is 2.39. The van der Waals surface area contributed by atoms with E-state index in [2.05, 4.69) is 15.0 Å². The predicted octanol–water partition coefficient (Wildman–Crippen LogP) is 2.61. The first kappa shape index (κ1) is 13.4. The van der Waals surface area contributed by atoms with E-state index in [-0.39, 0.29) is 17.7 Å². The molecular formula is C12H14ClN5O. The number of hydrogen-bond donors (Lipinski definition) is 2. The maximum Gasteiger partial charge on any atom is 0.222 e. The van der Waals surface area contributed by atoms with Gasteiger partial charge >= 0.3 is 0 Å². The molecule has 0 aliphatic rings. The van der Waals surface area contributed by atoms with E-state index in [9.17, 15) is 0 Å². The molecular weight excluding hydrogens is 266 g/mol. The molecule has 0 atom stereocenters. The van der Waals surface area contributed by atoms with Crippen LogP contribution in [0.1, 0.15) is 25.5 Å². The number of pyridine rings is 1. The minimum absolute atomic E-state index is 0.0955. The molecule has 0 amide bonds. The normalized spacial score (nSPS) is 10.7. The molecule has 0 saturated carbocycles. The Morgan fingerprint density at radius 1 is 1.16 bits per heavy atom. The van der Waals surface area contributed by atoms with Crippen LogP contribution in [0.4, 0.5) is 11.8 Å². The minimum atomic E-state index is 0.0955. The second-order valence-corrected chi connectivity index (χ2v) is 4.71. The Kier molecular flexibility index (Phi) is 3.71. The monoisotopic (exact) mass is 279 g/mol.